The van der Waals surface area contributed by atoms with Crippen molar-refractivity contribution in [3.05, 3.63) is 0 Å². The van der Waals surface area contributed by atoms with Crippen molar-refractivity contribution >= 4 is 29.8 Å². The highest BCUT2D eigenvalue weighted by molar-refractivity contribution is 6.27. The first-order valence-corrected chi connectivity index (χ1v) is 3.37. The van der Waals surface area contributed by atoms with E-state index in [9.17, 15) is 4.79 Å². The lowest BCUT2D eigenvalue weighted by atomic mass is 10.4. The molecule has 0 aliphatic heterocycles. The zero-order valence-electron chi connectivity index (χ0n) is 7.00. The summed E-state index contributed by atoms with van der Waals surface area (Å²) in [6.07, 6.45) is 0. The molecule has 0 aliphatic rings. The highest BCUT2D eigenvalue weighted by Crippen LogP contribution is 1.90. The fourth-order valence-electron chi connectivity index (χ4n) is 0.571. The fraction of sp³-hybridized carbons (Fsp3) is 0.833. The molecule has 0 radical (unpaired) electrons. The van der Waals surface area contributed by atoms with E-state index in [1.165, 1.54) is 0 Å². The normalized spacial score (nSPS) is 9.45. The van der Waals surface area contributed by atoms with Gasteiger partial charge in [0.1, 0.15) is 6.54 Å². The number of hydrogen-bond acceptors (Lipinski definition) is 2. The van der Waals surface area contributed by atoms with Crippen molar-refractivity contribution in [3.8, 4) is 0 Å². The fourth-order valence-corrected chi connectivity index (χ4v) is 0.656. The van der Waals surface area contributed by atoms with E-state index in [1.54, 1.807) is 0 Å². The topological polar surface area (TPSA) is 47.1 Å². The van der Waals surface area contributed by atoms with E-state index in [2.05, 4.69) is 0 Å². The maximum Gasteiger partial charge on any atom is 0.201 e. The summed E-state index contributed by atoms with van der Waals surface area (Å²) >= 11 is 5.30. The number of carbonyl (C=O) groups excluding carboxylic acids is 1. The Hall–Kier alpha value is 0.170. The van der Waals surface area contributed by atoms with Crippen molar-refractivity contribution in [2.45, 2.75) is 0 Å². The molecule has 0 saturated heterocycles. The molecule has 5 heteroatoms. The number of hydrogen-bond donors (Lipinski definition) is 0. The average Bonchev–Trinajstić information content (AvgIpc) is 1.62. The first-order chi connectivity index (χ1) is 3.95. The van der Waals surface area contributed by atoms with Gasteiger partial charge in [-0.25, -0.2) is 0 Å². The van der Waals surface area contributed by atoms with Crippen molar-refractivity contribution in [2.24, 2.45) is 0 Å². The van der Waals surface area contributed by atoms with E-state index in [-0.39, 0.29) is 29.5 Å². The second-order valence-corrected chi connectivity index (χ2v) is 3.39. The number of nitrogens with zero attached hydrogens (tertiary/aromatic N) is 1. The Kier molecular flexibility index (Phi) is 10.8. The van der Waals surface area contributed by atoms with Crippen LogP contribution in [0.3, 0.4) is 0 Å². The van der Waals surface area contributed by atoms with Gasteiger partial charge in [-0.05, 0) is 0 Å². The van der Waals surface area contributed by atoms with Gasteiger partial charge in [0.05, 0.1) is 27.0 Å². The highest BCUT2D eigenvalue weighted by atomic mass is 35.5. The molecule has 0 aromatic carbocycles. The molecule has 70 valence electrons. The zero-order valence-corrected chi connectivity index (χ0v) is 8.58. The zero-order chi connectivity index (χ0) is 7.49. The Labute approximate surface area is 78.6 Å². The number of likely N-dealkylation sites (N-methyl/N-ethyl adjacent to an activating group) is 1. The Balaban J connectivity index is -0.000000320. The predicted molar refractivity (Wildman–Crippen MR) is 47.8 cm³/mol. The summed E-state index contributed by atoms with van der Waals surface area (Å²) in [5, 5.41) is 0. The van der Waals surface area contributed by atoms with E-state index in [4.69, 9.17) is 11.6 Å². The lowest BCUT2D eigenvalue weighted by molar-refractivity contribution is -0.861. The number of rotatable bonds is 3. The molecule has 11 heavy (non-hydrogen) atoms. The van der Waals surface area contributed by atoms with Crippen LogP contribution in [0, 0.1) is 0 Å². The predicted octanol–water partition coefficient (Wildman–Crippen LogP) is 0.746. The molecule has 0 aliphatic carbocycles. The third-order valence-corrected chi connectivity index (χ3v) is 1.10. The third kappa shape index (κ3) is 13.2. The number of alkyl halides is 1. The monoisotopic (exact) mass is 203 g/mol. The van der Waals surface area contributed by atoms with Crippen LogP contribution in [0.5, 0.6) is 0 Å². The molecular formula is C6H15Cl2NO2. The van der Waals surface area contributed by atoms with Crippen LogP contribution in [0.25, 0.3) is 0 Å². The van der Waals surface area contributed by atoms with Crippen LogP contribution in [0.4, 0.5) is 0 Å². The van der Waals surface area contributed by atoms with Gasteiger partial charge in [0.2, 0.25) is 5.78 Å². The quantitative estimate of drug-likeness (QED) is 0.503. The van der Waals surface area contributed by atoms with Gasteiger partial charge >= 0.3 is 0 Å². The Morgan fingerprint density at radius 1 is 1.36 bits per heavy atom. The molecule has 0 saturated carbocycles. The van der Waals surface area contributed by atoms with Crippen LogP contribution in [0.2, 0.25) is 0 Å². The van der Waals surface area contributed by atoms with Gasteiger partial charge in [-0.15, -0.1) is 24.0 Å². The van der Waals surface area contributed by atoms with Gasteiger partial charge in [0.25, 0.3) is 0 Å². The average molecular weight is 204 g/mol. The Morgan fingerprint density at radius 3 is 1.82 bits per heavy atom. The summed E-state index contributed by atoms with van der Waals surface area (Å²) in [4.78, 5) is 10.7. The molecular weight excluding hydrogens is 189 g/mol. The first-order valence-electron chi connectivity index (χ1n) is 2.84. The summed E-state index contributed by atoms with van der Waals surface area (Å²) in [5.74, 6) is 0.236. The van der Waals surface area contributed by atoms with Gasteiger partial charge in [0, 0.05) is 0 Å². The molecule has 0 atom stereocenters. The van der Waals surface area contributed by atoms with E-state index in [1.807, 2.05) is 21.1 Å². The molecule has 0 rings (SSSR count). The minimum Gasteiger partial charge on any atom is -0.870 e. The molecule has 0 amide bonds. The molecule has 0 aromatic rings. The van der Waals surface area contributed by atoms with E-state index >= 15 is 0 Å². The van der Waals surface area contributed by atoms with Crippen LogP contribution in [0.15, 0.2) is 0 Å². The second-order valence-electron chi connectivity index (χ2n) is 3.12. The molecule has 0 aromatic heterocycles. The van der Waals surface area contributed by atoms with Crippen molar-refractivity contribution in [2.75, 3.05) is 33.6 Å². The van der Waals surface area contributed by atoms with Crippen LogP contribution in [-0.4, -0.2) is 49.3 Å². The number of halogens is 2. The first kappa shape index (κ1) is 17.3. The van der Waals surface area contributed by atoms with E-state index in [0.29, 0.717) is 11.0 Å². The van der Waals surface area contributed by atoms with Crippen LogP contribution >= 0.6 is 24.0 Å². The molecule has 0 bridgehead atoms. The van der Waals surface area contributed by atoms with Crippen molar-refractivity contribution < 1.29 is 14.8 Å². The van der Waals surface area contributed by atoms with Crippen molar-refractivity contribution in [1.29, 1.82) is 0 Å². The SMILES string of the molecule is C[N+](C)(C)CC(=O)CCl.Cl.[OH-]. The maximum absolute atomic E-state index is 10.7. The highest BCUT2D eigenvalue weighted by Gasteiger charge is 2.12. The Bertz CT molecular complexity index is 112. The lowest BCUT2D eigenvalue weighted by Gasteiger charge is -2.21. The van der Waals surface area contributed by atoms with Crippen LogP contribution in [-0.2, 0) is 4.79 Å². The Morgan fingerprint density at radius 2 is 1.73 bits per heavy atom. The number of Topliss-reactive ketones (excluding diaryl/α,β-unsaturated/α-hetero) is 1. The molecule has 0 unspecified atom stereocenters. The number of ketones is 1. The molecule has 3 nitrogen and oxygen atoms in total. The van der Waals surface area contributed by atoms with E-state index in [0.717, 1.165) is 0 Å². The van der Waals surface area contributed by atoms with Crippen molar-refractivity contribution in [1.82, 2.24) is 0 Å². The van der Waals surface area contributed by atoms with Crippen LogP contribution in [0.1, 0.15) is 0 Å². The van der Waals surface area contributed by atoms with Gasteiger partial charge in [-0.1, -0.05) is 0 Å². The van der Waals surface area contributed by atoms with Gasteiger partial charge in [-0.3, -0.25) is 4.79 Å². The van der Waals surface area contributed by atoms with Gasteiger partial charge < -0.3 is 9.96 Å². The second kappa shape index (κ2) is 6.85. The maximum atomic E-state index is 10.7. The standard InChI is InChI=1S/C6H13ClNO.ClH.H2O/c1-8(2,3)5-6(9)4-7;;/h4-5H2,1-3H3;1H;1H2/q+1;;/p-1. The summed E-state index contributed by atoms with van der Waals surface area (Å²) < 4.78 is 0.658. The van der Waals surface area contributed by atoms with E-state index < -0.39 is 0 Å². The summed E-state index contributed by atoms with van der Waals surface area (Å²) in [6, 6.07) is 0. The number of quaternary nitrogens is 1. The molecule has 0 spiro atoms. The van der Waals surface area contributed by atoms with Crippen molar-refractivity contribution in [3.63, 3.8) is 0 Å². The number of carbonyl (C=O) groups is 1. The smallest absolute Gasteiger partial charge is 0.201 e. The lowest BCUT2D eigenvalue weighted by Crippen LogP contribution is -2.39. The molecule has 1 N–H and O–H groups in total. The van der Waals surface area contributed by atoms with Gasteiger partial charge in [0.15, 0.2) is 0 Å². The summed E-state index contributed by atoms with van der Waals surface area (Å²) in [6.45, 7) is 0.517. The molecule has 0 heterocycles. The minimum atomic E-state index is 0. The molecule has 0 fully saturated rings. The van der Waals surface area contributed by atoms with Crippen LogP contribution < -0.4 is 0 Å². The van der Waals surface area contributed by atoms with Gasteiger partial charge in [-0.2, -0.15) is 0 Å². The minimum absolute atomic E-state index is 0. The summed E-state index contributed by atoms with van der Waals surface area (Å²) in [7, 11) is 5.89. The third-order valence-electron chi connectivity index (χ3n) is 0.800. The largest absolute Gasteiger partial charge is 0.870 e. The summed E-state index contributed by atoms with van der Waals surface area (Å²) in [5.41, 5.74) is 0.